The van der Waals surface area contributed by atoms with Crippen molar-refractivity contribution in [2.75, 3.05) is 0 Å². The van der Waals surface area contributed by atoms with E-state index in [0.717, 1.165) is 0 Å². The van der Waals surface area contributed by atoms with Crippen molar-refractivity contribution < 1.29 is 30.3 Å². The number of hydrogen-bond donors (Lipinski definition) is 5. The molecule has 0 bridgehead atoms. The maximum absolute atomic E-state index is 9.53. The zero-order valence-corrected chi connectivity index (χ0v) is 8.32. The Hall–Kier alpha value is -0.660. The normalized spacial score (nSPS) is 39.4. The Morgan fingerprint density at radius 3 is 2.33 bits per heavy atom. The maximum Gasteiger partial charge on any atom is 0.184 e. The number of aliphatic hydroxyl groups excluding tert-OH is 5. The van der Waals surface area contributed by atoms with Gasteiger partial charge in [0.1, 0.15) is 30.2 Å². The van der Waals surface area contributed by atoms with Crippen LogP contribution in [0.3, 0.4) is 0 Å². The molecule has 0 spiro atoms. The summed E-state index contributed by atoms with van der Waals surface area (Å²) in [6.07, 6.45) is -5.26. The van der Waals surface area contributed by atoms with E-state index in [4.69, 9.17) is 14.9 Å². The molecule has 1 aliphatic heterocycles. The lowest BCUT2D eigenvalue weighted by molar-refractivity contribution is -0.144. The van der Waals surface area contributed by atoms with E-state index < -0.39 is 30.7 Å². The molecule has 0 radical (unpaired) electrons. The fourth-order valence-electron chi connectivity index (χ4n) is 1.44. The van der Waals surface area contributed by atoms with Gasteiger partial charge in [0.05, 0.1) is 0 Å². The Balaban J connectivity index is 2.69. The molecule has 1 heterocycles. The SMILES string of the molecule is CC/C=C(/O)[C@@H](O)[C@H]1OC(O)[C@H](O)[C@H]1O. The summed E-state index contributed by atoms with van der Waals surface area (Å²) in [5.41, 5.74) is 0. The van der Waals surface area contributed by atoms with Crippen LogP contribution in [0.2, 0.25) is 0 Å². The minimum atomic E-state index is -1.55. The van der Waals surface area contributed by atoms with E-state index in [9.17, 15) is 15.3 Å². The van der Waals surface area contributed by atoms with Gasteiger partial charge in [-0.15, -0.1) is 0 Å². The van der Waals surface area contributed by atoms with Gasteiger partial charge < -0.3 is 30.3 Å². The van der Waals surface area contributed by atoms with Crippen LogP contribution in [0.5, 0.6) is 0 Å². The van der Waals surface area contributed by atoms with Gasteiger partial charge in [-0.1, -0.05) is 6.92 Å². The molecule has 5 N–H and O–H groups in total. The van der Waals surface area contributed by atoms with E-state index in [1.54, 1.807) is 6.92 Å². The molecule has 0 aromatic heterocycles. The van der Waals surface area contributed by atoms with Gasteiger partial charge in [-0.25, -0.2) is 0 Å². The van der Waals surface area contributed by atoms with E-state index in [1.807, 2.05) is 0 Å². The number of hydrogen-bond acceptors (Lipinski definition) is 6. The molecular weight excluding hydrogens is 204 g/mol. The van der Waals surface area contributed by atoms with Crippen molar-refractivity contribution in [2.24, 2.45) is 0 Å². The van der Waals surface area contributed by atoms with Crippen LogP contribution >= 0.6 is 0 Å². The van der Waals surface area contributed by atoms with Crippen molar-refractivity contribution in [3.05, 3.63) is 11.8 Å². The highest BCUT2D eigenvalue weighted by Gasteiger charge is 2.46. The lowest BCUT2D eigenvalue weighted by atomic mass is 10.0. The average molecular weight is 220 g/mol. The molecule has 0 aromatic rings. The Kier molecular flexibility index (Phi) is 4.06. The van der Waals surface area contributed by atoms with E-state index >= 15 is 0 Å². The molecule has 6 nitrogen and oxygen atoms in total. The molecule has 0 aliphatic carbocycles. The van der Waals surface area contributed by atoms with E-state index in [1.165, 1.54) is 6.08 Å². The monoisotopic (exact) mass is 220 g/mol. The molecule has 5 atom stereocenters. The molecule has 6 heteroatoms. The first-order valence-corrected chi connectivity index (χ1v) is 4.75. The topological polar surface area (TPSA) is 110 Å². The van der Waals surface area contributed by atoms with Crippen LogP contribution in [-0.4, -0.2) is 56.2 Å². The smallest absolute Gasteiger partial charge is 0.184 e. The second-order valence-corrected chi connectivity index (χ2v) is 3.45. The summed E-state index contributed by atoms with van der Waals surface area (Å²) in [4.78, 5) is 0. The van der Waals surface area contributed by atoms with E-state index in [-0.39, 0.29) is 5.76 Å². The lowest BCUT2D eigenvalue weighted by Crippen LogP contribution is -2.39. The molecule has 15 heavy (non-hydrogen) atoms. The number of ether oxygens (including phenoxy) is 1. The number of rotatable bonds is 3. The fraction of sp³-hybridized carbons (Fsp3) is 0.778. The van der Waals surface area contributed by atoms with Crippen LogP contribution in [0.1, 0.15) is 13.3 Å². The summed E-state index contributed by atoms with van der Waals surface area (Å²) in [5.74, 6) is -0.345. The highest BCUT2D eigenvalue weighted by molar-refractivity contribution is 5.05. The third kappa shape index (κ3) is 2.47. The summed E-state index contributed by atoms with van der Waals surface area (Å²) in [6, 6.07) is 0. The molecule has 0 amide bonds. The minimum absolute atomic E-state index is 0.345. The summed E-state index contributed by atoms with van der Waals surface area (Å²) in [7, 11) is 0. The fourth-order valence-corrected chi connectivity index (χ4v) is 1.44. The van der Waals surface area contributed by atoms with Gasteiger partial charge in [-0.05, 0) is 12.5 Å². The zero-order chi connectivity index (χ0) is 11.6. The van der Waals surface area contributed by atoms with Crippen LogP contribution in [0, 0.1) is 0 Å². The predicted molar refractivity (Wildman–Crippen MR) is 49.9 cm³/mol. The first-order chi connectivity index (χ1) is 6.99. The molecular formula is C9H16O6. The molecule has 0 saturated carbocycles. The van der Waals surface area contributed by atoms with Gasteiger partial charge in [0.15, 0.2) is 6.29 Å². The summed E-state index contributed by atoms with van der Waals surface area (Å²) in [6.45, 7) is 1.76. The van der Waals surface area contributed by atoms with Gasteiger partial charge >= 0.3 is 0 Å². The molecule has 88 valence electrons. The van der Waals surface area contributed by atoms with Gasteiger partial charge in [0, 0.05) is 0 Å². The molecule has 1 saturated heterocycles. The second-order valence-electron chi connectivity index (χ2n) is 3.45. The third-order valence-corrected chi connectivity index (χ3v) is 2.30. The van der Waals surface area contributed by atoms with Crippen LogP contribution in [-0.2, 0) is 4.74 Å². The van der Waals surface area contributed by atoms with Gasteiger partial charge in [0.25, 0.3) is 0 Å². The van der Waals surface area contributed by atoms with Crippen LogP contribution < -0.4 is 0 Å². The standard InChI is InChI=1S/C9H16O6/c1-2-3-4(10)5(11)8-6(12)7(13)9(14)15-8/h3,5-14H,2H2,1H3/b4-3+/t5-,6-,7-,8-,9?/m1/s1. The molecule has 1 unspecified atom stereocenters. The lowest BCUT2D eigenvalue weighted by Gasteiger charge is -2.20. The van der Waals surface area contributed by atoms with Crippen molar-refractivity contribution in [2.45, 2.75) is 44.1 Å². The first-order valence-electron chi connectivity index (χ1n) is 4.75. The Bertz CT molecular complexity index is 241. The second kappa shape index (κ2) is 4.91. The van der Waals surface area contributed by atoms with Crippen LogP contribution in [0.15, 0.2) is 11.8 Å². The minimum Gasteiger partial charge on any atom is -0.510 e. The van der Waals surface area contributed by atoms with Gasteiger partial charge in [-0.3, -0.25) is 0 Å². The first kappa shape index (κ1) is 12.4. The van der Waals surface area contributed by atoms with Crippen molar-refractivity contribution in [3.63, 3.8) is 0 Å². The number of allylic oxidation sites excluding steroid dienone is 1. The van der Waals surface area contributed by atoms with Gasteiger partial charge in [-0.2, -0.15) is 0 Å². The predicted octanol–water partition coefficient (Wildman–Crippen LogP) is -1.36. The quantitative estimate of drug-likeness (QED) is 0.376. The van der Waals surface area contributed by atoms with Crippen molar-refractivity contribution in [3.8, 4) is 0 Å². The van der Waals surface area contributed by atoms with Crippen LogP contribution in [0.25, 0.3) is 0 Å². The molecule has 0 aromatic carbocycles. The van der Waals surface area contributed by atoms with Crippen LogP contribution in [0.4, 0.5) is 0 Å². The summed E-state index contributed by atoms with van der Waals surface area (Å²) in [5, 5.41) is 46.5. The average Bonchev–Trinajstić information content (AvgIpc) is 2.45. The third-order valence-electron chi connectivity index (χ3n) is 2.30. The van der Waals surface area contributed by atoms with E-state index in [2.05, 4.69) is 0 Å². The van der Waals surface area contributed by atoms with Gasteiger partial charge in [0.2, 0.25) is 0 Å². The van der Waals surface area contributed by atoms with Crippen molar-refractivity contribution in [1.29, 1.82) is 0 Å². The van der Waals surface area contributed by atoms with E-state index in [0.29, 0.717) is 6.42 Å². The summed E-state index contributed by atoms with van der Waals surface area (Å²) >= 11 is 0. The van der Waals surface area contributed by atoms with Crippen molar-refractivity contribution >= 4 is 0 Å². The Morgan fingerprint density at radius 1 is 1.33 bits per heavy atom. The maximum atomic E-state index is 9.53. The largest absolute Gasteiger partial charge is 0.510 e. The molecule has 1 fully saturated rings. The Morgan fingerprint density at radius 2 is 1.93 bits per heavy atom. The van der Waals surface area contributed by atoms with Crippen molar-refractivity contribution in [1.82, 2.24) is 0 Å². The zero-order valence-electron chi connectivity index (χ0n) is 8.32. The highest BCUT2D eigenvalue weighted by atomic mass is 16.6. The summed E-state index contributed by atoms with van der Waals surface area (Å²) < 4.78 is 4.72. The Labute approximate surface area is 87.0 Å². The number of aliphatic hydroxyl groups is 5. The molecule has 1 rings (SSSR count). The highest BCUT2D eigenvalue weighted by Crippen LogP contribution is 2.24. The molecule has 1 aliphatic rings.